The highest BCUT2D eigenvalue weighted by Gasteiger charge is 2.37. The number of H-pyrrole nitrogens is 2. The predicted molar refractivity (Wildman–Crippen MR) is 165 cm³/mol. The SMILES string of the molecule is COc1cc2cc(C(=O)N3C[C@@H](CCl)c4c3cc(O)c3[nH]c(C(=O)N5CCc6ccccc65)cc43)[nH]c2c(OC)c1OC. The van der Waals surface area contributed by atoms with E-state index in [2.05, 4.69) is 9.97 Å². The first-order chi connectivity index (χ1) is 20.9. The zero-order chi connectivity index (χ0) is 30.0. The lowest BCUT2D eigenvalue weighted by molar-refractivity contribution is 0.0977. The van der Waals surface area contributed by atoms with Gasteiger partial charge in [-0.1, -0.05) is 18.2 Å². The average Bonchev–Trinajstić information content (AvgIpc) is 3.82. The van der Waals surface area contributed by atoms with Crippen molar-refractivity contribution in [3.8, 4) is 23.0 Å². The summed E-state index contributed by atoms with van der Waals surface area (Å²) in [6, 6.07) is 14.7. The first-order valence-electron chi connectivity index (χ1n) is 13.9. The van der Waals surface area contributed by atoms with Gasteiger partial charge in [-0.25, -0.2) is 0 Å². The van der Waals surface area contributed by atoms with E-state index in [0.29, 0.717) is 69.2 Å². The number of fused-ring (bicyclic) bond motifs is 5. The van der Waals surface area contributed by atoms with Crippen molar-refractivity contribution < 1.29 is 28.9 Å². The van der Waals surface area contributed by atoms with Crippen LogP contribution in [0, 0.1) is 0 Å². The van der Waals surface area contributed by atoms with Crippen LogP contribution in [0.3, 0.4) is 0 Å². The van der Waals surface area contributed by atoms with Gasteiger partial charge >= 0.3 is 0 Å². The fourth-order valence-electron chi connectivity index (χ4n) is 6.48. The number of para-hydroxylation sites is 1. The maximum atomic E-state index is 14.0. The van der Waals surface area contributed by atoms with Crippen LogP contribution >= 0.6 is 11.6 Å². The van der Waals surface area contributed by atoms with Crippen LogP contribution in [0.2, 0.25) is 0 Å². The van der Waals surface area contributed by atoms with Crippen molar-refractivity contribution in [2.45, 2.75) is 12.3 Å². The molecule has 2 aliphatic heterocycles. The second-order valence-electron chi connectivity index (χ2n) is 10.7. The van der Waals surface area contributed by atoms with Crippen molar-refractivity contribution in [1.29, 1.82) is 0 Å². The summed E-state index contributed by atoms with van der Waals surface area (Å²) < 4.78 is 16.6. The van der Waals surface area contributed by atoms with E-state index in [1.165, 1.54) is 21.3 Å². The molecule has 0 fully saturated rings. The molecule has 3 N–H and O–H groups in total. The third-order valence-electron chi connectivity index (χ3n) is 8.46. The van der Waals surface area contributed by atoms with Crippen LogP contribution in [-0.4, -0.2) is 67.2 Å². The number of phenols is 1. The van der Waals surface area contributed by atoms with Crippen molar-refractivity contribution in [2.75, 3.05) is 50.1 Å². The minimum atomic E-state index is -0.302. The molecule has 5 aromatic rings. The van der Waals surface area contributed by atoms with Gasteiger partial charge in [-0.2, -0.15) is 0 Å². The van der Waals surface area contributed by atoms with Crippen LogP contribution < -0.4 is 24.0 Å². The molecule has 7 rings (SSSR count). The lowest BCUT2D eigenvalue weighted by atomic mass is 9.98. The minimum absolute atomic E-state index is 0.0598. The molecule has 0 unspecified atom stereocenters. The number of halogens is 1. The van der Waals surface area contributed by atoms with Gasteiger partial charge in [0.05, 0.1) is 38.1 Å². The number of aromatic amines is 2. The summed E-state index contributed by atoms with van der Waals surface area (Å²) in [6.07, 6.45) is 0.785. The molecule has 0 saturated heterocycles. The summed E-state index contributed by atoms with van der Waals surface area (Å²) in [4.78, 5) is 37.3. The van der Waals surface area contributed by atoms with Gasteiger partial charge in [0.25, 0.3) is 11.8 Å². The summed E-state index contributed by atoms with van der Waals surface area (Å²) >= 11 is 6.45. The number of carbonyl (C=O) groups excluding carboxylic acids is 2. The Balaban J connectivity index is 1.29. The van der Waals surface area contributed by atoms with Crippen LogP contribution in [0.1, 0.15) is 38.0 Å². The average molecular weight is 601 g/mol. The summed E-state index contributed by atoms with van der Waals surface area (Å²) in [5.74, 6) is 0.797. The number of anilines is 2. The van der Waals surface area contributed by atoms with Crippen molar-refractivity contribution in [3.63, 3.8) is 0 Å². The third kappa shape index (κ3) is 4.00. The number of ether oxygens (including phenoxy) is 3. The van der Waals surface area contributed by atoms with Crippen LogP contribution in [0.15, 0.2) is 48.5 Å². The molecule has 0 spiro atoms. The monoisotopic (exact) mass is 600 g/mol. The number of alkyl halides is 1. The molecule has 0 bridgehead atoms. The molecule has 3 aromatic carbocycles. The van der Waals surface area contributed by atoms with Gasteiger partial charge in [-0.15, -0.1) is 11.6 Å². The second kappa shape index (κ2) is 10.2. The Morgan fingerprint density at radius 2 is 1.63 bits per heavy atom. The fourth-order valence-corrected chi connectivity index (χ4v) is 6.73. The van der Waals surface area contributed by atoms with Crippen molar-refractivity contribution >= 4 is 56.6 Å². The first-order valence-corrected chi connectivity index (χ1v) is 14.4. The molecule has 43 heavy (non-hydrogen) atoms. The second-order valence-corrected chi connectivity index (χ2v) is 11.0. The van der Waals surface area contributed by atoms with Gasteiger partial charge in [0.15, 0.2) is 11.5 Å². The number of aromatic nitrogens is 2. The predicted octanol–water partition coefficient (Wildman–Crippen LogP) is 5.57. The summed E-state index contributed by atoms with van der Waals surface area (Å²) in [6.45, 7) is 0.889. The molecule has 11 heteroatoms. The van der Waals surface area contributed by atoms with E-state index in [0.717, 1.165) is 23.2 Å². The lowest BCUT2D eigenvalue weighted by Crippen LogP contribution is -2.30. The number of nitrogens with zero attached hydrogens (tertiary/aromatic N) is 2. The van der Waals surface area contributed by atoms with Gasteiger partial charge in [-0.3, -0.25) is 9.59 Å². The molecule has 0 radical (unpaired) electrons. The number of hydrogen-bond acceptors (Lipinski definition) is 6. The number of aromatic hydroxyl groups is 1. The number of rotatable bonds is 6. The van der Waals surface area contributed by atoms with Gasteiger partial charge in [0.1, 0.15) is 17.1 Å². The van der Waals surface area contributed by atoms with Crippen LogP contribution in [0.5, 0.6) is 23.0 Å². The summed E-state index contributed by atoms with van der Waals surface area (Å²) in [5, 5.41) is 12.5. The van der Waals surface area contributed by atoms with E-state index in [-0.39, 0.29) is 29.4 Å². The van der Waals surface area contributed by atoms with Crippen LogP contribution in [0.25, 0.3) is 21.8 Å². The number of hydrogen-bond donors (Lipinski definition) is 3. The van der Waals surface area contributed by atoms with Crippen LogP contribution in [-0.2, 0) is 6.42 Å². The topological polar surface area (TPSA) is 120 Å². The van der Waals surface area contributed by atoms with Crippen molar-refractivity contribution in [3.05, 3.63) is 71.0 Å². The molecule has 0 aliphatic carbocycles. The number of phenolic OH excluding ortho intramolecular Hbond substituents is 1. The number of carbonyl (C=O) groups is 2. The van der Waals surface area contributed by atoms with Gasteiger partial charge in [0.2, 0.25) is 5.75 Å². The molecular formula is C32H29ClN4O6. The quantitative estimate of drug-likeness (QED) is 0.219. The van der Waals surface area contributed by atoms with E-state index >= 15 is 0 Å². The Hall–Kier alpha value is -4.83. The van der Waals surface area contributed by atoms with Crippen LogP contribution in [0.4, 0.5) is 11.4 Å². The molecule has 4 heterocycles. The standard InChI is InChI=1S/C32H29ClN4O6/c1-41-25-11-17-10-20(34-27(17)30(43-3)29(25)42-2)32(40)37-15-18(14-33)26-19-12-21(35-28(19)24(38)13-23(26)37)31(39)36-9-8-16-6-4-5-7-22(16)36/h4-7,10-13,18,34-35,38H,8-9,14-15H2,1-3H3/t18-/m1/s1. The Morgan fingerprint density at radius 1 is 0.907 bits per heavy atom. The van der Waals surface area contributed by atoms with Gasteiger partial charge in [0, 0.05) is 47.4 Å². The maximum Gasteiger partial charge on any atom is 0.274 e. The first kappa shape index (κ1) is 27.0. The molecule has 220 valence electrons. The van der Waals surface area contributed by atoms with Crippen molar-refractivity contribution in [1.82, 2.24) is 9.97 Å². The normalized spacial score (nSPS) is 15.7. The highest BCUT2D eigenvalue weighted by molar-refractivity contribution is 6.19. The largest absolute Gasteiger partial charge is 0.506 e. The van der Waals surface area contributed by atoms with E-state index in [9.17, 15) is 14.7 Å². The van der Waals surface area contributed by atoms with E-state index in [1.807, 2.05) is 24.3 Å². The maximum absolute atomic E-state index is 14.0. The highest BCUT2D eigenvalue weighted by Crippen LogP contribution is 2.47. The van der Waals surface area contributed by atoms with E-state index in [4.69, 9.17) is 25.8 Å². The smallest absolute Gasteiger partial charge is 0.274 e. The van der Waals surface area contributed by atoms with Gasteiger partial charge in [-0.05, 0) is 41.8 Å². The summed E-state index contributed by atoms with van der Waals surface area (Å²) in [7, 11) is 4.58. The van der Waals surface area contributed by atoms with Gasteiger partial charge < -0.3 is 39.1 Å². The van der Waals surface area contributed by atoms with E-state index in [1.54, 1.807) is 34.1 Å². The zero-order valence-electron chi connectivity index (χ0n) is 23.8. The van der Waals surface area contributed by atoms with E-state index < -0.39 is 0 Å². The third-order valence-corrected chi connectivity index (χ3v) is 8.83. The molecule has 0 saturated carbocycles. The Morgan fingerprint density at radius 3 is 2.37 bits per heavy atom. The molecule has 2 aliphatic rings. The Labute approximate surface area is 251 Å². The highest BCUT2D eigenvalue weighted by atomic mass is 35.5. The Bertz CT molecular complexity index is 1950. The molecular weight excluding hydrogens is 572 g/mol. The molecule has 10 nitrogen and oxygen atoms in total. The Kier molecular flexibility index (Phi) is 6.39. The fraction of sp³-hybridized carbons (Fsp3) is 0.250. The lowest BCUT2D eigenvalue weighted by Gasteiger charge is -2.17. The zero-order valence-corrected chi connectivity index (χ0v) is 24.5. The number of nitrogens with one attached hydrogen (secondary N) is 2. The minimum Gasteiger partial charge on any atom is -0.506 e. The number of amides is 2. The molecule has 2 aromatic heterocycles. The summed E-state index contributed by atoms with van der Waals surface area (Å²) in [5.41, 5.74) is 5.08. The molecule has 1 atom stereocenters. The van der Waals surface area contributed by atoms with Crippen molar-refractivity contribution in [2.24, 2.45) is 0 Å². The molecule has 2 amide bonds. The number of methoxy groups -OCH3 is 3. The number of benzene rings is 3.